The van der Waals surface area contributed by atoms with Gasteiger partial charge in [-0.25, -0.2) is 4.79 Å². The molecule has 1 aliphatic rings. The van der Waals surface area contributed by atoms with Crippen LogP contribution in [0.4, 0.5) is 11.5 Å². The van der Waals surface area contributed by atoms with E-state index in [9.17, 15) is 24.5 Å². The van der Waals surface area contributed by atoms with Crippen molar-refractivity contribution in [2.45, 2.75) is 19.8 Å². The number of carbonyl (C=O) groups excluding carboxylic acids is 1. The molecule has 0 radical (unpaired) electrons. The zero-order valence-corrected chi connectivity index (χ0v) is 18.0. The van der Waals surface area contributed by atoms with Crippen LogP contribution in [0.15, 0.2) is 33.9 Å². The molecule has 3 rings (SSSR count). The van der Waals surface area contributed by atoms with E-state index in [0.29, 0.717) is 30.9 Å². The Morgan fingerprint density at radius 3 is 2.35 bits per heavy atom. The van der Waals surface area contributed by atoms with Gasteiger partial charge in [-0.2, -0.15) is 0 Å². The summed E-state index contributed by atoms with van der Waals surface area (Å²) in [7, 11) is 3.13. The lowest BCUT2D eigenvalue weighted by atomic mass is 9.99. The van der Waals surface area contributed by atoms with Crippen LogP contribution in [0.3, 0.4) is 0 Å². The highest BCUT2D eigenvalue weighted by Gasteiger charge is 2.20. The van der Waals surface area contributed by atoms with E-state index < -0.39 is 4.92 Å². The molecule has 1 fully saturated rings. The van der Waals surface area contributed by atoms with Crippen LogP contribution >= 0.6 is 0 Å². The van der Waals surface area contributed by atoms with Gasteiger partial charge in [0, 0.05) is 64.0 Å². The minimum Gasteiger partial charge on any atom is -0.355 e. The minimum atomic E-state index is -0.492. The SMILES string of the molecule is CC(=O)c1cc([N+](=O)[O-])ccc1CCCN1CCN(c2cc(=O)n(C)c(=O)n2C)CC1. The summed E-state index contributed by atoms with van der Waals surface area (Å²) in [5.74, 6) is 0.455. The van der Waals surface area contributed by atoms with Crippen molar-refractivity contribution >= 4 is 17.3 Å². The van der Waals surface area contributed by atoms with Crippen molar-refractivity contribution in [3.63, 3.8) is 0 Å². The number of benzene rings is 1. The van der Waals surface area contributed by atoms with E-state index in [1.807, 2.05) is 4.90 Å². The van der Waals surface area contributed by atoms with E-state index >= 15 is 0 Å². The van der Waals surface area contributed by atoms with Crippen LogP contribution in [0.5, 0.6) is 0 Å². The number of Topliss-reactive ketones (excluding diaryl/α,β-unsaturated/α-hetero) is 1. The standard InChI is InChI=1S/C21H27N5O5/c1-15(27)18-13-17(26(30)31)7-6-16(18)5-4-8-24-9-11-25(12-10-24)19-14-20(28)23(3)21(29)22(19)2/h6-7,13-14H,4-5,8-12H2,1-3H3. The minimum absolute atomic E-state index is 0.0739. The molecule has 0 saturated carbocycles. The normalized spacial score (nSPS) is 14.6. The lowest BCUT2D eigenvalue weighted by Gasteiger charge is -2.36. The van der Waals surface area contributed by atoms with Gasteiger partial charge in [-0.3, -0.25) is 33.7 Å². The summed E-state index contributed by atoms with van der Waals surface area (Å²) in [6.45, 7) is 5.25. The number of aryl methyl sites for hydroxylation is 1. The molecule has 0 N–H and O–H groups in total. The van der Waals surface area contributed by atoms with Gasteiger partial charge in [-0.15, -0.1) is 0 Å². The van der Waals surface area contributed by atoms with Gasteiger partial charge in [0.2, 0.25) is 0 Å². The average molecular weight is 429 g/mol. The van der Waals surface area contributed by atoms with Crippen LogP contribution in [0.1, 0.15) is 29.3 Å². The molecule has 0 spiro atoms. The molecular weight excluding hydrogens is 402 g/mol. The number of ketones is 1. The van der Waals surface area contributed by atoms with Gasteiger partial charge in [0.05, 0.1) is 4.92 Å². The van der Waals surface area contributed by atoms with Gasteiger partial charge in [-0.05, 0) is 31.9 Å². The highest BCUT2D eigenvalue weighted by Crippen LogP contribution is 2.20. The largest absolute Gasteiger partial charge is 0.355 e. The van der Waals surface area contributed by atoms with E-state index in [-0.39, 0.29) is 22.7 Å². The van der Waals surface area contributed by atoms with Gasteiger partial charge in [0.1, 0.15) is 5.82 Å². The fraction of sp³-hybridized carbons (Fsp3) is 0.476. The Labute approximate surface area is 179 Å². The number of anilines is 1. The van der Waals surface area contributed by atoms with Crippen molar-refractivity contribution in [1.82, 2.24) is 14.0 Å². The first-order valence-electron chi connectivity index (χ1n) is 10.2. The second kappa shape index (κ2) is 9.25. The summed E-state index contributed by atoms with van der Waals surface area (Å²) in [6, 6.07) is 5.96. The van der Waals surface area contributed by atoms with Crippen LogP contribution in [0, 0.1) is 10.1 Å². The Hall–Kier alpha value is -3.27. The smallest absolute Gasteiger partial charge is 0.332 e. The summed E-state index contributed by atoms with van der Waals surface area (Å²) < 4.78 is 2.59. The highest BCUT2D eigenvalue weighted by atomic mass is 16.6. The number of hydrogen-bond donors (Lipinski definition) is 0. The molecule has 10 nitrogen and oxygen atoms in total. The van der Waals surface area contributed by atoms with E-state index in [2.05, 4.69) is 4.90 Å². The van der Waals surface area contributed by atoms with Crippen LogP contribution in [0.25, 0.3) is 0 Å². The Kier molecular flexibility index (Phi) is 6.69. The third-order valence-corrected chi connectivity index (χ3v) is 5.80. The number of nitro benzene ring substituents is 1. The van der Waals surface area contributed by atoms with E-state index in [0.717, 1.165) is 36.2 Å². The summed E-state index contributed by atoms with van der Waals surface area (Å²) in [4.78, 5) is 50.8. The lowest BCUT2D eigenvalue weighted by molar-refractivity contribution is -0.384. The van der Waals surface area contributed by atoms with Crippen LogP contribution < -0.4 is 16.1 Å². The van der Waals surface area contributed by atoms with Gasteiger partial charge < -0.3 is 4.90 Å². The van der Waals surface area contributed by atoms with Crippen LogP contribution in [0.2, 0.25) is 0 Å². The Balaban J connectivity index is 1.57. The van der Waals surface area contributed by atoms with Crippen LogP contribution in [-0.4, -0.2) is 57.5 Å². The quantitative estimate of drug-likeness (QED) is 0.366. The number of aromatic nitrogens is 2. The Morgan fingerprint density at radius 1 is 1.06 bits per heavy atom. The molecule has 2 aromatic rings. The molecule has 2 heterocycles. The Bertz CT molecular complexity index is 1110. The molecule has 0 atom stereocenters. The molecular formula is C21H27N5O5. The topological polar surface area (TPSA) is 111 Å². The number of nitrogens with zero attached hydrogens (tertiary/aromatic N) is 5. The molecule has 166 valence electrons. The Morgan fingerprint density at radius 2 is 1.74 bits per heavy atom. The van der Waals surface area contributed by atoms with Crippen molar-refractivity contribution < 1.29 is 9.72 Å². The second-order valence-electron chi connectivity index (χ2n) is 7.83. The van der Waals surface area contributed by atoms with Crippen molar-refractivity contribution in [3.05, 3.63) is 66.3 Å². The monoisotopic (exact) mass is 429 g/mol. The average Bonchev–Trinajstić information content (AvgIpc) is 2.75. The maximum Gasteiger partial charge on any atom is 0.332 e. The lowest BCUT2D eigenvalue weighted by Crippen LogP contribution is -2.49. The van der Waals surface area contributed by atoms with E-state index in [4.69, 9.17) is 0 Å². The predicted molar refractivity (Wildman–Crippen MR) is 117 cm³/mol. The molecule has 1 aromatic carbocycles. The molecule has 0 bridgehead atoms. The first-order valence-corrected chi connectivity index (χ1v) is 10.2. The zero-order chi connectivity index (χ0) is 22.7. The fourth-order valence-corrected chi connectivity index (χ4v) is 3.94. The molecule has 10 heteroatoms. The van der Waals surface area contributed by atoms with Crippen molar-refractivity contribution in [2.24, 2.45) is 14.1 Å². The molecule has 1 aromatic heterocycles. The molecule has 0 amide bonds. The van der Waals surface area contributed by atoms with Gasteiger partial charge >= 0.3 is 5.69 Å². The molecule has 1 saturated heterocycles. The molecule has 0 unspecified atom stereocenters. The summed E-state index contributed by atoms with van der Waals surface area (Å²) in [5, 5.41) is 11.0. The second-order valence-corrected chi connectivity index (χ2v) is 7.83. The van der Waals surface area contributed by atoms with Gasteiger partial charge in [0.25, 0.3) is 11.2 Å². The van der Waals surface area contributed by atoms with Crippen molar-refractivity contribution in [3.8, 4) is 0 Å². The molecule has 0 aliphatic carbocycles. The maximum atomic E-state index is 12.2. The zero-order valence-electron chi connectivity index (χ0n) is 18.0. The predicted octanol–water partition coefficient (Wildman–Crippen LogP) is 0.950. The van der Waals surface area contributed by atoms with E-state index in [1.165, 1.54) is 36.7 Å². The molecule has 1 aliphatic heterocycles. The maximum absolute atomic E-state index is 12.2. The number of hydrogen-bond acceptors (Lipinski definition) is 7. The number of nitro groups is 1. The number of non-ortho nitro benzene ring substituents is 1. The summed E-state index contributed by atoms with van der Waals surface area (Å²) in [6.07, 6.45) is 1.48. The summed E-state index contributed by atoms with van der Waals surface area (Å²) >= 11 is 0. The third-order valence-electron chi connectivity index (χ3n) is 5.80. The highest BCUT2D eigenvalue weighted by molar-refractivity contribution is 5.96. The third kappa shape index (κ3) is 4.91. The summed E-state index contributed by atoms with van der Waals surface area (Å²) in [5.41, 5.74) is 0.506. The van der Waals surface area contributed by atoms with Crippen molar-refractivity contribution in [1.29, 1.82) is 0 Å². The van der Waals surface area contributed by atoms with E-state index in [1.54, 1.807) is 13.1 Å². The van der Waals surface area contributed by atoms with Crippen LogP contribution in [-0.2, 0) is 20.5 Å². The number of carbonyl (C=O) groups is 1. The fourth-order valence-electron chi connectivity index (χ4n) is 3.94. The number of rotatable bonds is 7. The number of piperazine rings is 1. The molecule has 31 heavy (non-hydrogen) atoms. The van der Waals surface area contributed by atoms with Crippen molar-refractivity contribution in [2.75, 3.05) is 37.6 Å². The first kappa shape index (κ1) is 22.4. The first-order chi connectivity index (χ1) is 14.7. The van der Waals surface area contributed by atoms with Gasteiger partial charge in [-0.1, -0.05) is 6.07 Å². The van der Waals surface area contributed by atoms with Gasteiger partial charge in [0.15, 0.2) is 5.78 Å².